The van der Waals surface area contributed by atoms with E-state index in [-0.39, 0.29) is 5.41 Å². The van der Waals surface area contributed by atoms with Crippen LogP contribution in [0.4, 0.5) is 0 Å². The summed E-state index contributed by atoms with van der Waals surface area (Å²) in [5, 5.41) is 7.64. The van der Waals surface area contributed by atoms with E-state index in [1.165, 1.54) is 49.4 Å². The lowest BCUT2D eigenvalue weighted by Crippen LogP contribution is -2.24. The quantitative estimate of drug-likeness (QED) is 0.152. The molecule has 0 aromatic heterocycles. The second kappa shape index (κ2) is 9.66. The lowest BCUT2D eigenvalue weighted by atomic mass is 9.67. The molecule has 0 N–H and O–H groups in total. The SMILES string of the molecule is CC1(C)c2ccccc2-c2c3ccccc3c(-c3ccc(P(=O)(c4ccccc4)c4ccccc4)cc3)c3cccc1c23. The van der Waals surface area contributed by atoms with Crippen molar-refractivity contribution in [2.45, 2.75) is 19.3 Å². The highest BCUT2D eigenvalue weighted by Crippen LogP contribution is 2.53. The Kier molecular flexibility index (Phi) is 5.83. The standard InChI is InChI=1S/C41H31OP/c1-41(2)36-22-12-11-20-34(36)39-33-19-10-9-18-32(33)38(35-21-13-23-37(41)40(35)39)28-24-26-31(27-25-28)43(42,29-14-5-3-6-15-29)30-16-7-4-8-17-30/h3-27H,1-2H3. The van der Waals surface area contributed by atoms with Crippen molar-refractivity contribution in [1.82, 2.24) is 0 Å². The lowest BCUT2D eigenvalue weighted by molar-refractivity contribution is 0.592. The Morgan fingerprint density at radius 3 is 1.58 bits per heavy atom. The van der Waals surface area contributed by atoms with Crippen LogP contribution in [0.3, 0.4) is 0 Å². The fraction of sp³-hybridized carbons (Fsp3) is 0.0732. The van der Waals surface area contributed by atoms with Gasteiger partial charge in [0, 0.05) is 21.3 Å². The van der Waals surface area contributed by atoms with Gasteiger partial charge in [0.2, 0.25) is 0 Å². The third kappa shape index (κ3) is 3.75. The predicted molar refractivity (Wildman–Crippen MR) is 184 cm³/mol. The molecule has 0 saturated heterocycles. The zero-order valence-electron chi connectivity index (χ0n) is 24.3. The Hall–Kier alpha value is -4.71. The van der Waals surface area contributed by atoms with Gasteiger partial charge in [0.25, 0.3) is 0 Å². The molecule has 0 atom stereocenters. The summed E-state index contributed by atoms with van der Waals surface area (Å²) in [5.74, 6) is 0. The van der Waals surface area contributed by atoms with Crippen LogP contribution in [0, 0.1) is 0 Å². The van der Waals surface area contributed by atoms with Crippen molar-refractivity contribution < 1.29 is 4.57 Å². The fourth-order valence-corrected chi connectivity index (χ4v) is 9.94. The molecule has 7 aromatic carbocycles. The molecule has 1 aliphatic rings. The van der Waals surface area contributed by atoms with Crippen LogP contribution in [0.1, 0.15) is 25.0 Å². The minimum Gasteiger partial charge on any atom is -0.309 e. The van der Waals surface area contributed by atoms with E-state index in [2.05, 4.69) is 105 Å². The molecule has 8 rings (SSSR count). The Morgan fingerprint density at radius 1 is 0.442 bits per heavy atom. The Morgan fingerprint density at radius 2 is 0.930 bits per heavy atom. The van der Waals surface area contributed by atoms with Crippen molar-refractivity contribution in [2.75, 3.05) is 0 Å². The third-order valence-electron chi connectivity index (χ3n) is 9.35. The highest BCUT2D eigenvalue weighted by Gasteiger charge is 2.35. The average molecular weight is 571 g/mol. The molecule has 7 aromatic rings. The van der Waals surface area contributed by atoms with Crippen LogP contribution < -0.4 is 15.9 Å². The van der Waals surface area contributed by atoms with Crippen molar-refractivity contribution >= 4 is 44.6 Å². The second-order valence-electron chi connectivity index (χ2n) is 12.0. The molecule has 0 amide bonds. The van der Waals surface area contributed by atoms with E-state index in [1.807, 2.05) is 60.7 Å². The molecule has 0 radical (unpaired) electrons. The number of hydrogen-bond acceptors (Lipinski definition) is 1. The molecular formula is C41H31OP. The highest BCUT2D eigenvalue weighted by molar-refractivity contribution is 7.85. The van der Waals surface area contributed by atoms with Gasteiger partial charge in [-0.2, -0.15) is 0 Å². The van der Waals surface area contributed by atoms with Gasteiger partial charge < -0.3 is 4.57 Å². The van der Waals surface area contributed by atoms with Crippen molar-refractivity contribution in [3.05, 3.63) is 163 Å². The highest BCUT2D eigenvalue weighted by atomic mass is 31.2. The van der Waals surface area contributed by atoms with Crippen LogP contribution in [-0.2, 0) is 9.98 Å². The Labute approximate surface area is 252 Å². The topological polar surface area (TPSA) is 17.1 Å². The summed E-state index contributed by atoms with van der Waals surface area (Å²) in [4.78, 5) is 0. The lowest BCUT2D eigenvalue weighted by Gasteiger charge is -2.36. The molecule has 43 heavy (non-hydrogen) atoms. The third-order valence-corrected chi connectivity index (χ3v) is 12.4. The van der Waals surface area contributed by atoms with E-state index in [0.717, 1.165) is 21.5 Å². The second-order valence-corrected chi connectivity index (χ2v) is 14.8. The first kappa shape index (κ1) is 26.0. The molecule has 1 nitrogen and oxygen atoms in total. The normalized spacial score (nSPS) is 13.6. The fourth-order valence-electron chi connectivity index (χ4n) is 7.29. The van der Waals surface area contributed by atoms with Crippen molar-refractivity contribution in [2.24, 2.45) is 0 Å². The largest absolute Gasteiger partial charge is 0.309 e. The van der Waals surface area contributed by atoms with Gasteiger partial charge in [-0.05, 0) is 54.9 Å². The molecule has 0 fully saturated rings. The Bertz CT molecular complexity index is 2170. The van der Waals surface area contributed by atoms with E-state index >= 15 is 4.57 Å². The summed E-state index contributed by atoms with van der Waals surface area (Å²) in [5.41, 5.74) is 7.62. The first-order valence-electron chi connectivity index (χ1n) is 14.9. The average Bonchev–Trinajstić information content (AvgIpc) is 3.07. The van der Waals surface area contributed by atoms with Crippen LogP contribution in [-0.4, -0.2) is 0 Å². The predicted octanol–water partition coefficient (Wildman–Crippen LogP) is 9.61. The van der Waals surface area contributed by atoms with E-state index in [4.69, 9.17) is 0 Å². The molecule has 0 unspecified atom stereocenters. The van der Waals surface area contributed by atoms with Gasteiger partial charge in [0.05, 0.1) is 0 Å². The molecular weight excluding hydrogens is 539 g/mol. The van der Waals surface area contributed by atoms with Gasteiger partial charge in [-0.1, -0.05) is 166 Å². The maximum Gasteiger partial charge on any atom is 0.171 e. The van der Waals surface area contributed by atoms with Crippen LogP contribution in [0.25, 0.3) is 43.8 Å². The van der Waals surface area contributed by atoms with Crippen LogP contribution in [0.2, 0.25) is 0 Å². The number of rotatable bonds is 4. The summed E-state index contributed by atoms with van der Waals surface area (Å²) in [7, 11) is -3.05. The smallest absolute Gasteiger partial charge is 0.171 e. The number of benzene rings is 7. The zero-order valence-corrected chi connectivity index (χ0v) is 25.2. The summed E-state index contributed by atoms with van der Waals surface area (Å²) < 4.78 is 15.0. The summed E-state index contributed by atoms with van der Waals surface area (Å²) in [6.45, 7) is 4.69. The van der Waals surface area contributed by atoms with E-state index < -0.39 is 7.14 Å². The van der Waals surface area contributed by atoms with Crippen molar-refractivity contribution in [1.29, 1.82) is 0 Å². The van der Waals surface area contributed by atoms with Gasteiger partial charge in [0.1, 0.15) is 0 Å². The molecule has 0 saturated carbocycles. The molecule has 0 bridgehead atoms. The summed E-state index contributed by atoms with van der Waals surface area (Å²) >= 11 is 0. The van der Waals surface area contributed by atoms with Gasteiger partial charge in [-0.3, -0.25) is 0 Å². The van der Waals surface area contributed by atoms with E-state index in [1.54, 1.807) is 0 Å². The van der Waals surface area contributed by atoms with Gasteiger partial charge in [-0.15, -0.1) is 0 Å². The molecule has 0 spiro atoms. The maximum atomic E-state index is 15.0. The molecule has 0 heterocycles. The molecule has 1 aliphatic carbocycles. The van der Waals surface area contributed by atoms with Gasteiger partial charge in [-0.25, -0.2) is 0 Å². The van der Waals surface area contributed by atoms with Crippen LogP contribution in [0.15, 0.2) is 152 Å². The maximum absolute atomic E-state index is 15.0. The van der Waals surface area contributed by atoms with Crippen molar-refractivity contribution in [3.63, 3.8) is 0 Å². The van der Waals surface area contributed by atoms with E-state index in [0.29, 0.717) is 0 Å². The van der Waals surface area contributed by atoms with Crippen LogP contribution >= 0.6 is 7.14 Å². The Balaban J connectivity index is 1.40. The molecule has 206 valence electrons. The minimum atomic E-state index is -3.05. The van der Waals surface area contributed by atoms with E-state index in [9.17, 15) is 0 Å². The first-order valence-corrected chi connectivity index (χ1v) is 16.6. The van der Waals surface area contributed by atoms with Crippen LogP contribution in [0.5, 0.6) is 0 Å². The first-order chi connectivity index (χ1) is 21.0. The number of fused-ring (bicyclic) bond motifs is 4. The summed E-state index contributed by atoms with van der Waals surface area (Å²) in [6, 6.07) is 52.8. The zero-order chi connectivity index (χ0) is 29.2. The summed E-state index contributed by atoms with van der Waals surface area (Å²) in [6.07, 6.45) is 0. The van der Waals surface area contributed by atoms with Crippen molar-refractivity contribution in [3.8, 4) is 22.3 Å². The monoisotopic (exact) mass is 570 g/mol. The molecule has 0 aliphatic heterocycles. The number of hydrogen-bond donors (Lipinski definition) is 0. The van der Waals surface area contributed by atoms with Gasteiger partial charge in [0.15, 0.2) is 7.14 Å². The minimum absolute atomic E-state index is 0.120. The molecule has 2 heteroatoms. The van der Waals surface area contributed by atoms with Gasteiger partial charge >= 0.3 is 0 Å².